The summed E-state index contributed by atoms with van der Waals surface area (Å²) in [6.45, 7) is 4.97. The van der Waals surface area contributed by atoms with Crippen LogP contribution in [0.2, 0.25) is 0 Å². The molecule has 0 rings (SSSR count). The number of phosphoric ester groups is 1. The first-order chi connectivity index (χ1) is 43.0. The summed E-state index contributed by atoms with van der Waals surface area (Å²) in [7, 11) is 1.64. The molecule has 0 aromatic rings. The van der Waals surface area contributed by atoms with Gasteiger partial charge in [0.05, 0.1) is 39.9 Å². The topological polar surface area (TPSA) is 105 Å². The number of likely N-dealkylation sites (N-methyl/N-ethyl adjacent to an activating group) is 1. The van der Waals surface area contributed by atoms with E-state index in [1.54, 1.807) is 0 Å². The number of aliphatic hydroxyl groups excluding tert-OH is 1. The maximum Gasteiger partial charge on any atom is 0.472 e. The van der Waals surface area contributed by atoms with Crippen LogP contribution in [0.5, 0.6) is 0 Å². The molecule has 1 amide bonds. The molecule has 0 radical (unpaired) electrons. The lowest BCUT2D eigenvalue weighted by Gasteiger charge is -2.26. The fourth-order valence-corrected chi connectivity index (χ4v) is 13.6. The highest BCUT2D eigenvalue weighted by Gasteiger charge is 2.28. The Morgan fingerprint density at radius 1 is 0.375 bits per heavy atom. The van der Waals surface area contributed by atoms with E-state index in [0.717, 1.165) is 38.5 Å². The third kappa shape index (κ3) is 72.7. The Kier molecular flexibility index (Phi) is 69.9. The number of nitrogens with one attached hydrogen (secondary N) is 1. The van der Waals surface area contributed by atoms with E-state index in [-0.39, 0.29) is 19.1 Å². The smallest absolute Gasteiger partial charge is 0.391 e. The Bertz CT molecular complexity index is 1440. The van der Waals surface area contributed by atoms with Crippen LogP contribution in [-0.2, 0) is 18.4 Å². The third-order valence-corrected chi connectivity index (χ3v) is 20.0. The van der Waals surface area contributed by atoms with Gasteiger partial charge in [-0.3, -0.25) is 13.8 Å². The highest BCUT2D eigenvalue weighted by atomic mass is 31.2. The number of hydrogen-bond donors (Lipinski definition) is 3. The van der Waals surface area contributed by atoms with Crippen molar-refractivity contribution in [2.75, 3.05) is 40.9 Å². The van der Waals surface area contributed by atoms with Gasteiger partial charge in [0.1, 0.15) is 13.2 Å². The standard InChI is InChI=1S/C79H159N2O6P/c1-6-8-10-12-14-16-18-20-22-24-26-28-30-32-33-34-35-36-37-38-39-40-41-42-43-44-45-46-47-49-51-53-55-57-59-61-63-65-67-69-71-73-79(83)80-77(76-87-88(84,85)86-75-74-81(3,4)5)78(82)72-70-68-66-64-62-60-58-56-54-52-50-48-31-29-27-25-23-21-19-17-15-13-11-9-7-2/h24,26,77-78,82H,6-23,25,27-76H2,1-5H3,(H-,80,83,84,85)/p+1/b26-24-. The normalized spacial score (nSPS) is 13.5. The Morgan fingerprint density at radius 3 is 0.875 bits per heavy atom. The molecule has 0 fully saturated rings. The minimum absolute atomic E-state index is 0.0790. The second kappa shape index (κ2) is 70.6. The summed E-state index contributed by atoms with van der Waals surface area (Å²) in [4.78, 5) is 23.5. The van der Waals surface area contributed by atoms with Crippen LogP contribution >= 0.6 is 7.82 Å². The number of amides is 1. The number of carbonyl (C=O) groups excluding carboxylic acids is 1. The zero-order chi connectivity index (χ0) is 64.1. The van der Waals surface area contributed by atoms with Crippen LogP contribution in [0.4, 0.5) is 0 Å². The van der Waals surface area contributed by atoms with Gasteiger partial charge in [-0.15, -0.1) is 0 Å². The summed E-state index contributed by atoms with van der Waals surface area (Å²) in [6.07, 6.45) is 92.3. The van der Waals surface area contributed by atoms with E-state index < -0.39 is 20.0 Å². The number of carbonyl (C=O) groups is 1. The molecule has 0 aliphatic carbocycles. The van der Waals surface area contributed by atoms with Gasteiger partial charge >= 0.3 is 7.82 Å². The van der Waals surface area contributed by atoms with Crippen LogP contribution in [0.1, 0.15) is 438 Å². The summed E-state index contributed by atoms with van der Waals surface area (Å²) in [5.41, 5.74) is 0. The van der Waals surface area contributed by atoms with Gasteiger partial charge in [-0.2, -0.15) is 0 Å². The van der Waals surface area contributed by atoms with E-state index >= 15 is 0 Å². The molecule has 526 valence electrons. The summed E-state index contributed by atoms with van der Waals surface area (Å²) in [6, 6.07) is -0.758. The number of unbranched alkanes of at least 4 members (excludes halogenated alkanes) is 61. The molecule has 0 aromatic carbocycles. The quantitative estimate of drug-likeness (QED) is 0.0243. The van der Waals surface area contributed by atoms with E-state index in [1.807, 2.05) is 21.1 Å². The van der Waals surface area contributed by atoms with Gasteiger partial charge in [0.15, 0.2) is 0 Å². The largest absolute Gasteiger partial charge is 0.472 e. The SMILES string of the molecule is CCCCCCCCCC/C=C\CCCCCCCCCCCCCCCCCCCCCCCCCCCCCCCC(=O)NC(COP(=O)(O)OCC[N+](C)(C)C)C(O)CCCCCCCCCCCCCCCCCCCCCCCCCCC. The maximum absolute atomic E-state index is 13.1. The number of aliphatic hydroxyl groups is 1. The molecule has 0 aliphatic rings. The fraction of sp³-hybridized carbons (Fsp3) is 0.962. The zero-order valence-corrected chi connectivity index (χ0v) is 61.4. The third-order valence-electron chi connectivity index (χ3n) is 19.0. The van der Waals surface area contributed by atoms with Crippen LogP contribution in [0.25, 0.3) is 0 Å². The van der Waals surface area contributed by atoms with Crippen molar-refractivity contribution in [2.45, 2.75) is 450 Å². The summed E-state index contributed by atoms with van der Waals surface area (Å²) in [5, 5.41) is 14.2. The van der Waals surface area contributed by atoms with Crippen molar-refractivity contribution in [1.82, 2.24) is 5.32 Å². The average molecular weight is 1270 g/mol. The molecule has 3 unspecified atom stereocenters. The number of quaternary nitrogens is 1. The van der Waals surface area contributed by atoms with Crippen molar-refractivity contribution >= 4 is 13.7 Å². The predicted octanol–water partition coefficient (Wildman–Crippen LogP) is 26.0. The Labute approximate surface area is 552 Å². The molecule has 0 bridgehead atoms. The number of nitrogens with zero attached hydrogens (tertiary/aromatic N) is 1. The van der Waals surface area contributed by atoms with Crippen molar-refractivity contribution in [2.24, 2.45) is 0 Å². The maximum atomic E-state index is 13.1. The average Bonchev–Trinajstić information content (AvgIpc) is 3.71. The van der Waals surface area contributed by atoms with E-state index in [2.05, 4.69) is 31.3 Å². The van der Waals surface area contributed by atoms with Crippen molar-refractivity contribution in [1.29, 1.82) is 0 Å². The molecule has 0 spiro atoms. The number of rotatable bonds is 76. The molecule has 0 saturated carbocycles. The molecular weight excluding hydrogens is 1100 g/mol. The van der Waals surface area contributed by atoms with Gasteiger partial charge < -0.3 is 19.8 Å². The van der Waals surface area contributed by atoms with Crippen LogP contribution < -0.4 is 5.32 Å². The fourth-order valence-electron chi connectivity index (χ4n) is 12.8. The lowest BCUT2D eigenvalue weighted by Crippen LogP contribution is -2.46. The van der Waals surface area contributed by atoms with Crippen molar-refractivity contribution in [3.8, 4) is 0 Å². The first kappa shape index (κ1) is 87.2. The minimum atomic E-state index is -4.33. The molecular formula is C79H160N2O6P+. The minimum Gasteiger partial charge on any atom is -0.391 e. The lowest BCUT2D eigenvalue weighted by atomic mass is 10.0. The van der Waals surface area contributed by atoms with Gasteiger partial charge in [0, 0.05) is 6.42 Å². The zero-order valence-electron chi connectivity index (χ0n) is 60.5. The van der Waals surface area contributed by atoms with Gasteiger partial charge in [0.25, 0.3) is 0 Å². The first-order valence-electron chi connectivity index (χ1n) is 40.1. The van der Waals surface area contributed by atoms with Crippen molar-refractivity contribution < 1.29 is 32.9 Å². The number of phosphoric acid groups is 1. The van der Waals surface area contributed by atoms with E-state index in [9.17, 15) is 19.4 Å². The molecule has 3 atom stereocenters. The molecule has 0 aromatic heterocycles. The summed E-state index contributed by atoms with van der Waals surface area (Å²) in [5.74, 6) is -0.132. The Balaban J connectivity index is 3.85. The molecule has 0 aliphatic heterocycles. The van der Waals surface area contributed by atoms with Crippen LogP contribution in [0.15, 0.2) is 12.2 Å². The lowest BCUT2D eigenvalue weighted by molar-refractivity contribution is -0.870. The summed E-state index contributed by atoms with van der Waals surface area (Å²) >= 11 is 0. The van der Waals surface area contributed by atoms with E-state index in [4.69, 9.17) is 9.05 Å². The highest BCUT2D eigenvalue weighted by Crippen LogP contribution is 2.43. The van der Waals surface area contributed by atoms with Gasteiger partial charge in [-0.25, -0.2) is 4.57 Å². The molecule has 8 nitrogen and oxygen atoms in total. The molecule has 0 saturated heterocycles. The molecule has 88 heavy (non-hydrogen) atoms. The van der Waals surface area contributed by atoms with Crippen molar-refractivity contribution in [3.05, 3.63) is 12.2 Å². The predicted molar refractivity (Wildman–Crippen MR) is 388 cm³/mol. The second-order valence-corrected chi connectivity index (χ2v) is 30.6. The first-order valence-corrected chi connectivity index (χ1v) is 41.5. The monoisotopic (exact) mass is 1260 g/mol. The Morgan fingerprint density at radius 2 is 0.614 bits per heavy atom. The second-order valence-electron chi connectivity index (χ2n) is 29.2. The van der Waals surface area contributed by atoms with Gasteiger partial charge in [-0.1, -0.05) is 405 Å². The van der Waals surface area contributed by atoms with Crippen LogP contribution in [-0.4, -0.2) is 73.4 Å². The molecule has 0 heterocycles. The van der Waals surface area contributed by atoms with Crippen LogP contribution in [0, 0.1) is 0 Å². The molecule has 3 N–H and O–H groups in total. The van der Waals surface area contributed by atoms with Crippen molar-refractivity contribution in [3.63, 3.8) is 0 Å². The van der Waals surface area contributed by atoms with E-state index in [1.165, 1.54) is 372 Å². The molecule has 9 heteroatoms. The Hall–Kier alpha value is -0.760. The summed E-state index contributed by atoms with van der Waals surface area (Å²) < 4.78 is 23.9. The number of allylic oxidation sites excluding steroid dienone is 2. The van der Waals surface area contributed by atoms with E-state index in [0.29, 0.717) is 23.9 Å². The number of hydrogen-bond acceptors (Lipinski definition) is 5. The van der Waals surface area contributed by atoms with Gasteiger partial charge in [-0.05, 0) is 38.5 Å². The van der Waals surface area contributed by atoms with Crippen LogP contribution in [0.3, 0.4) is 0 Å². The van der Waals surface area contributed by atoms with Gasteiger partial charge in [0.2, 0.25) is 5.91 Å². The highest BCUT2D eigenvalue weighted by molar-refractivity contribution is 7.47.